The number of nitrogens with zero attached hydrogens (tertiary/aromatic N) is 6. The van der Waals surface area contributed by atoms with Crippen LogP contribution in [0.3, 0.4) is 0 Å². The number of anilines is 2. The van der Waals surface area contributed by atoms with Crippen molar-refractivity contribution in [2.75, 3.05) is 22.3 Å². The van der Waals surface area contributed by atoms with E-state index in [0.29, 0.717) is 21.6 Å². The van der Waals surface area contributed by atoms with Crippen LogP contribution in [0.15, 0.2) is 4.99 Å². The second-order valence-corrected chi connectivity index (χ2v) is 4.79. The van der Waals surface area contributed by atoms with Crippen molar-refractivity contribution < 1.29 is 9.59 Å². The van der Waals surface area contributed by atoms with E-state index in [1.165, 1.54) is 11.8 Å². The summed E-state index contributed by atoms with van der Waals surface area (Å²) in [4.78, 5) is 38.1. The maximum Gasteiger partial charge on any atom is 0.336 e. The highest BCUT2D eigenvalue weighted by atomic mass is 32.2. The fourth-order valence-electron chi connectivity index (χ4n) is 1.33. The summed E-state index contributed by atoms with van der Waals surface area (Å²) in [5.41, 5.74) is 10.1. The first-order chi connectivity index (χ1) is 9.90. The van der Waals surface area contributed by atoms with E-state index in [-0.39, 0.29) is 17.7 Å². The monoisotopic (exact) mass is 312 g/mol. The molecule has 112 valence electrons. The van der Waals surface area contributed by atoms with Gasteiger partial charge in [-0.15, -0.1) is 11.8 Å². The Labute approximate surface area is 122 Å². The molecule has 0 saturated carbocycles. The van der Waals surface area contributed by atoms with Gasteiger partial charge in [0.1, 0.15) is 5.04 Å². The smallest absolute Gasteiger partial charge is 0.336 e. The second kappa shape index (κ2) is 5.86. The van der Waals surface area contributed by atoms with Gasteiger partial charge >= 0.3 is 12.1 Å². The van der Waals surface area contributed by atoms with Crippen LogP contribution >= 0.6 is 11.8 Å². The largest absolute Gasteiger partial charge is 0.350 e. The van der Waals surface area contributed by atoms with Gasteiger partial charge in [0, 0.05) is 12.3 Å². The van der Waals surface area contributed by atoms with Crippen LogP contribution in [0.5, 0.6) is 0 Å². The molecule has 0 aliphatic carbocycles. The summed E-state index contributed by atoms with van der Waals surface area (Å²) in [6, 6.07) is -2.00. The molecule has 2 heterocycles. The average molecular weight is 312 g/mol. The van der Waals surface area contributed by atoms with Crippen LogP contribution in [-0.2, 0) is 0 Å². The first-order valence-corrected chi connectivity index (χ1v) is 6.51. The number of rotatable bonds is 3. The molecule has 8 N–H and O–H groups in total. The molecule has 12 nitrogen and oxygen atoms in total. The topological polar surface area (TPSA) is 196 Å². The van der Waals surface area contributed by atoms with Crippen molar-refractivity contribution in [3.05, 3.63) is 5.82 Å². The van der Waals surface area contributed by atoms with Crippen molar-refractivity contribution in [2.24, 2.45) is 28.1 Å². The lowest BCUT2D eigenvalue weighted by molar-refractivity contribution is 0.253. The third-order valence-electron chi connectivity index (χ3n) is 2.29. The Morgan fingerprint density at radius 1 is 1.00 bits per heavy atom. The van der Waals surface area contributed by atoms with Gasteiger partial charge in [-0.1, -0.05) is 0 Å². The number of primary amides is 2. The van der Waals surface area contributed by atoms with E-state index in [1.54, 1.807) is 0 Å². The number of thioether (sulfide) groups is 1. The van der Waals surface area contributed by atoms with Crippen LogP contribution in [0.4, 0.5) is 21.5 Å². The third kappa shape index (κ3) is 3.15. The fraction of sp³-hybridized carbons (Fsp3) is 0.250. The Kier molecular flexibility index (Phi) is 4.15. The molecule has 1 aliphatic heterocycles. The van der Waals surface area contributed by atoms with Gasteiger partial charge in [0.15, 0.2) is 5.82 Å². The molecule has 0 atom stereocenters. The molecule has 0 saturated heterocycles. The molecule has 4 amide bonds. The van der Waals surface area contributed by atoms with Crippen molar-refractivity contribution >= 4 is 40.8 Å². The highest BCUT2D eigenvalue weighted by Gasteiger charge is 2.22. The lowest BCUT2D eigenvalue weighted by Gasteiger charge is -2.16. The maximum absolute atomic E-state index is 11.1. The van der Waals surface area contributed by atoms with Gasteiger partial charge in [0.2, 0.25) is 0 Å². The predicted molar refractivity (Wildman–Crippen MR) is 76.2 cm³/mol. The summed E-state index contributed by atoms with van der Waals surface area (Å²) < 4.78 is 0. The Bertz CT molecular complexity index is 581. The van der Waals surface area contributed by atoms with E-state index in [1.807, 2.05) is 0 Å². The predicted octanol–water partition coefficient (Wildman–Crippen LogP) is -2.12. The minimum atomic E-state index is -0.998. The van der Waals surface area contributed by atoms with E-state index in [9.17, 15) is 9.59 Å². The summed E-state index contributed by atoms with van der Waals surface area (Å²) in [7, 11) is 0. The van der Waals surface area contributed by atoms with Gasteiger partial charge in [-0.25, -0.2) is 21.3 Å². The number of hydrazine groups is 2. The molecule has 1 aliphatic rings. The number of carbonyl (C=O) groups excluding carboxylic acids is 2. The Balaban J connectivity index is 2.50. The molecular weight excluding hydrogens is 300 g/mol. The molecule has 0 radical (unpaired) electrons. The summed E-state index contributed by atoms with van der Waals surface area (Å²) >= 11 is 1.40. The highest BCUT2D eigenvalue weighted by Crippen LogP contribution is 2.19. The number of urea groups is 2. The van der Waals surface area contributed by atoms with Crippen molar-refractivity contribution in [2.45, 2.75) is 0 Å². The van der Waals surface area contributed by atoms with Crippen molar-refractivity contribution in [1.29, 1.82) is 0 Å². The van der Waals surface area contributed by atoms with E-state index in [4.69, 9.17) is 23.2 Å². The zero-order valence-electron chi connectivity index (χ0n) is 10.6. The average Bonchev–Trinajstić information content (AvgIpc) is 2.99. The second-order valence-electron chi connectivity index (χ2n) is 3.71. The number of hydrogen-bond donors (Lipinski definition) is 4. The van der Waals surface area contributed by atoms with Crippen molar-refractivity contribution in [1.82, 2.24) is 15.0 Å². The van der Waals surface area contributed by atoms with Crippen LogP contribution in [0.1, 0.15) is 5.82 Å². The molecule has 13 heteroatoms. The van der Waals surface area contributed by atoms with Crippen molar-refractivity contribution in [3.63, 3.8) is 0 Å². The van der Waals surface area contributed by atoms with Gasteiger partial charge in [-0.2, -0.15) is 25.0 Å². The number of aromatic nitrogens is 3. The standard InChI is InChI=1S/C8H12N10O2S/c9-5(19)17(11)7-14-3(4-13-1-2-21-4)15-8(16-7)18(12)6(10)20/h1-2,11-12H2,(H2,9,19)(H2,10,20). The SMILES string of the molecule is NC(=O)N(N)c1nc(C2=NCCS2)nc(N(N)C(N)=O)n1. The summed E-state index contributed by atoms with van der Waals surface area (Å²) in [6.45, 7) is 0.598. The molecule has 1 aromatic heterocycles. The molecule has 21 heavy (non-hydrogen) atoms. The van der Waals surface area contributed by atoms with E-state index in [0.717, 1.165) is 5.75 Å². The van der Waals surface area contributed by atoms with Gasteiger partial charge in [0.25, 0.3) is 11.9 Å². The minimum Gasteiger partial charge on any atom is -0.350 e. The zero-order chi connectivity index (χ0) is 15.6. The number of aliphatic imine (C=N–C) groups is 1. The Morgan fingerprint density at radius 2 is 1.52 bits per heavy atom. The van der Waals surface area contributed by atoms with E-state index < -0.39 is 12.1 Å². The molecule has 1 aromatic rings. The number of hydrogen-bond acceptors (Lipinski definition) is 9. The van der Waals surface area contributed by atoms with Crippen LogP contribution < -0.4 is 33.2 Å². The lowest BCUT2D eigenvalue weighted by atomic mass is 10.6. The summed E-state index contributed by atoms with van der Waals surface area (Å²) in [5, 5.41) is 1.49. The molecule has 2 rings (SSSR count). The molecule has 0 fully saturated rings. The molecule has 0 unspecified atom stereocenters. The summed E-state index contributed by atoms with van der Waals surface area (Å²) in [6.07, 6.45) is 0. The lowest BCUT2D eigenvalue weighted by Crippen LogP contribution is -2.45. The van der Waals surface area contributed by atoms with Gasteiger partial charge in [-0.05, 0) is 0 Å². The van der Waals surface area contributed by atoms with Crippen LogP contribution in [0.2, 0.25) is 0 Å². The van der Waals surface area contributed by atoms with Crippen molar-refractivity contribution in [3.8, 4) is 0 Å². The Hall–Kier alpha value is -2.51. The van der Waals surface area contributed by atoms with Gasteiger partial charge < -0.3 is 11.5 Å². The van der Waals surface area contributed by atoms with E-state index in [2.05, 4.69) is 19.9 Å². The first kappa shape index (κ1) is 14.9. The number of nitrogens with two attached hydrogens (primary N) is 4. The van der Waals surface area contributed by atoms with Crippen LogP contribution in [0, 0.1) is 0 Å². The third-order valence-corrected chi connectivity index (χ3v) is 3.27. The van der Waals surface area contributed by atoms with E-state index >= 15 is 0 Å². The maximum atomic E-state index is 11.1. The van der Waals surface area contributed by atoms with Crippen LogP contribution in [-0.4, -0.2) is 44.4 Å². The first-order valence-electron chi connectivity index (χ1n) is 5.52. The quantitative estimate of drug-likeness (QED) is 0.276. The Morgan fingerprint density at radius 3 is 1.90 bits per heavy atom. The molecule has 0 bridgehead atoms. The normalized spacial score (nSPS) is 13.7. The molecule has 0 aromatic carbocycles. The minimum absolute atomic E-state index is 0.117. The zero-order valence-corrected chi connectivity index (χ0v) is 11.4. The molecule has 0 spiro atoms. The fourth-order valence-corrected chi connectivity index (χ4v) is 2.11. The van der Waals surface area contributed by atoms with Gasteiger partial charge in [-0.3, -0.25) is 4.99 Å². The highest BCUT2D eigenvalue weighted by molar-refractivity contribution is 8.14. The molecular formula is C8H12N10O2S. The number of amides is 4. The van der Waals surface area contributed by atoms with Crippen LogP contribution in [0.25, 0.3) is 0 Å². The van der Waals surface area contributed by atoms with Gasteiger partial charge in [0.05, 0.1) is 0 Å². The summed E-state index contributed by atoms with van der Waals surface area (Å²) in [5.74, 6) is 11.2. The number of carbonyl (C=O) groups is 2.